The molecule has 3 N–H and O–H groups in total. The maximum Gasteiger partial charge on any atom is 0.335 e. The minimum absolute atomic E-state index is 0. The SMILES string of the molecule is CC(C)(C)[C@H](N)c1ccc(C(=O)O)cc1.Cl. The molecule has 0 fully saturated rings. The summed E-state index contributed by atoms with van der Waals surface area (Å²) in [6, 6.07) is 6.64. The van der Waals surface area contributed by atoms with Crippen LogP contribution < -0.4 is 5.73 Å². The van der Waals surface area contributed by atoms with Crippen molar-refractivity contribution in [3.8, 4) is 0 Å². The van der Waals surface area contributed by atoms with Crippen LogP contribution in [0.3, 0.4) is 0 Å². The van der Waals surface area contributed by atoms with Gasteiger partial charge >= 0.3 is 5.97 Å². The number of nitrogens with two attached hydrogens (primary N) is 1. The number of halogens is 1. The maximum absolute atomic E-state index is 10.6. The summed E-state index contributed by atoms with van der Waals surface area (Å²) in [6.45, 7) is 6.17. The van der Waals surface area contributed by atoms with Gasteiger partial charge in [-0.05, 0) is 23.1 Å². The van der Waals surface area contributed by atoms with Crippen LogP contribution in [0, 0.1) is 5.41 Å². The molecule has 0 aliphatic rings. The fourth-order valence-electron chi connectivity index (χ4n) is 1.33. The number of aromatic carboxylic acids is 1. The molecular formula is C12H18ClNO2. The van der Waals surface area contributed by atoms with Crippen LogP contribution in [0.1, 0.15) is 42.7 Å². The highest BCUT2D eigenvalue weighted by molar-refractivity contribution is 5.87. The van der Waals surface area contributed by atoms with Gasteiger partial charge in [0.1, 0.15) is 0 Å². The fourth-order valence-corrected chi connectivity index (χ4v) is 1.33. The van der Waals surface area contributed by atoms with Crippen LogP contribution >= 0.6 is 12.4 Å². The summed E-state index contributed by atoms with van der Waals surface area (Å²) < 4.78 is 0. The van der Waals surface area contributed by atoms with Gasteiger partial charge in [0, 0.05) is 6.04 Å². The second kappa shape index (κ2) is 5.32. The van der Waals surface area contributed by atoms with Gasteiger partial charge < -0.3 is 10.8 Å². The Hall–Kier alpha value is -1.06. The van der Waals surface area contributed by atoms with Crippen LogP contribution in [0.15, 0.2) is 24.3 Å². The first-order valence-corrected chi connectivity index (χ1v) is 4.91. The maximum atomic E-state index is 10.6. The number of carboxylic acid groups (broad SMARTS) is 1. The van der Waals surface area contributed by atoms with Crippen LogP contribution in [0.4, 0.5) is 0 Å². The fraction of sp³-hybridized carbons (Fsp3) is 0.417. The van der Waals surface area contributed by atoms with Crippen LogP contribution in [-0.4, -0.2) is 11.1 Å². The minimum Gasteiger partial charge on any atom is -0.478 e. The molecule has 0 aliphatic heterocycles. The third-order valence-corrected chi connectivity index (χ3v) is 2.45. The standard InChI is InChI=1S/C12H17NO2.ClH/c1-12(2,3)10(13)8-4-6-9(7-5-8)11(14)15;/h4-7,10H,13H2,1-3H3,(H,14,15);1H/t10-;/m1./s1. The molecule has 1 atom stereocenters. The quantitative estimate of drug-likeness (QED) is 0.840. The zero-order valence-electron chi connectivity index (χ0n) is 9.73. The summed E-state index contributed by atoms with van der Waals surface area (Å²) in [7, 11) is 0. The number of hydrogen-bond acceptors (Lipinski definition) is 2. The summed E-state index contributed by atoms with van der Waals surface area (Å²) >= 11 is 0. The topological polar surface area (TPSA) is 63.3 Å². The predicted molar refractivity (Wildman–Crippen MR) is 67.0 cm³/mol. The van der Waals surface area contributed by atoms with E-state index in [1.54, 1.807) is 24.3 Å². The van der Waals surface area contributed by atoms with Crippen LogP contribution in [0.25, 0.3) is 0 Å². The summed E-state index contributed by atoms with van der Waals surface area (Å²) in [4.78, 5) is 10.6. The van der Waals surface area contributed by atoms with Crippen LogP contribution in [0.2, 0.25) is 0 Å². The van der Waals surface area contributed by atoms with Gasteiger partial charge in [0.05, 0.1) is 5.56 Å². The Morgan fingerprint density at radius 3 is 2.00 bits per heavy atom. The molecule has 90 valence electrons. The van der Waals surface area contributed by atoms with E-state index in [1.807, 2.05) is 0 Å². The number of rotatable bonds is 2. The zero-order chi connectivity index (χ0) is 11.6. The molecule has 0 aliphatic carbocycles. The minimum atomic E-state index is -0.911. The number of carboxylic acids is 1. The predicted octanol–water partition coefficient (Wildman–Crippen LogP) is 2.85. The molecule has 3 nitrogen and oxygen atoms in total. The van der Waals surface area contributed by atoms with Crippen molar-refractivity contribution < 1.29 is 9.90 Å². The summed E-state index contributed by atoms with van der Waals surface area (Å²) in [5.41, 5.74) is 7.28. The Balaban J connectivity index is 0.00000225. The average molecular weight is 244 g/mol. The van der Waals surface area contributed by atoms with Crippen molar-refractivity contribution >= 4 is 18.4 Å². The Labute approximate surface area is 102 Å². The molecule has 0 bridgehead atoms. The van der Waals surface area contributed by atoms with E-state index >= 15 is 0 Å². The smallest absolute Gasteiger partial charge is 0.335 e. The molecule has 0 saturated heterocycles. The molecule has 1 aromatic rings. The van der Waals surface area contributed by atoms with Gasteiger partial charge in [-0.3, -0.25) is 0 Å². The Bertz CT molecular complexity index is 354. The monoisotopic (exact) mass is 243 g/mol. The summed E-state index contributed by atoms with van der Waals surface area (Å²) in [5, 5.41) is 8.74. The van der Waals surface area contributed by atoms with E-state index < -0.39 is 5.97 Å². The van der Waals surface area contributed by atoms with Crippen molar-refractivity contribution in [3.05, 3.63) is 35.4 Å². The van der Waals surface area contributed by atoms with Gasteiger partial charge in [0.15, 0.2) is 0 Å². The number of hydrogen-bond donors (Lipinski definition) is 2. The second-order valence-electron chi connectivity index (χ2n) is 4.77. The Morgan fingerprint density at radius 1 is 1.25 bits per heavy atom. The molecule has 0 saturated carbocycles. The molecule has 0 heterocycles. The van der Waals surface area contributed by atoms with Crippen LogP contribution in [-0.2, 0) is 0 Å². The van der Waals surface area contributed by atoms with Crippen LogP contribution in [0.5, 0.6) is 0 Å². The second-order valence-corrected chi connectivity index (χ2v) is 4.77. The molecule has 0 amide bonds. The van der Waals surface area contributed by atoms with E-state index in [0.29, 0.717) is 5.56 Å². The largest absolute Gasteiger partial charge is 0.478 e. The first-order chi connectivity index (χ1) is 6.82. The van der Waals surface area contributed by atoms with Crippen molar-refractivity contribution in [3.63, 3.8) is 0 Å². The first kappa shape index (κ1) is 14.9. The van der Waals surface area contributed by atoms with E-state index in [4.69, 9.17) is 10.8 Å². The molecule has 0 aromatic heterocycles. The molecular weight excluding hydrogens is 226 g/mol. The number of carbonyl (C=O) groups is 1. The Morgan fingerprint density at radius 2 is 1.69 bits per heavy atom. The van der Waals surface area contributed by atoms with Gasteiger partial charge in [-0.1, -0.05) is 32.9 Å². The summed E-state index contributed by atoms with van der Waals surface area (Å²) in [6.07, 6.45) is 0. The van der Waals surface area contributed by atoms with Gasteiger partial charge in [-0.2, -0.15) is 0 Å². The van der Waals surface area contributed by atoms with E-state index in [2.05, 4.69) is 20.8 Å². The zero-order valence-corrected chi connectivity index (χ0v) is 10.5. The molecule has 4 heteroatoms. The lowest BCUT2D eigenvalue weighted by Gasteiger charge is -2.27. The lowest BCUT2D eigenvalue weighted by molar-refractivity contribution is 0.0697. The highest BCUT2D eigenvalue weighted by atomic mass is 35.5. The number of benzene rings is 1. The molecule has 16 heavy (non-hydrogen) atoms. The Kier molecular flexibility index (Phi) is 4.97. The van der Waals surface area contributed by atoms with E-state index in [9.17, 15) is 4.79 Å². The molecule has 0 unspecified atom stereocenters. The lowest BCUT2D eigenvalue weighted by atomic mass is 9.83. The molecule has 1 aromatic carbocycles. The van der Waals surface area contributed by atoms with Crippen molar-refractivity contribution in [1.82, 2.24) is 0 Å². The molecule has 1 rings (SSSR count). The van der Waals surface area contributed by atoms with E-state index in [1.165, 1.54) is 0 Å². The normalized spacial score (nSPS) is 12.8. The molecule has 0 spiro atoms. The summed E-state index contributed by atoms with van der Waals surface area (Å²) in [5.74, 6) is -0.911. The van der Waals surface area contributed by atoms with Gasteiger partial charge in [0.2, 0.25) is 0 Å². The van der Waals surface area contributed by atoms with E-state index in [0.717, 1.165) is 5.56 Å². The van der Waals surface area contributed by atoms with Gasteiger partial charge in [-0.25, -0.2) is 4.79 Å². The van der Waals surface area contributed by atoms with Crippen molar-refractivity contribution in [2.75, 3.05) is 0 Å². The highest BCUT2D eigenvalue weighted by Gasteiger charge is 2.22. The van der Waals surface area contributed by atoms with Gasteiger partial charge in [-0.15, -0.1) is 12.4 Å². The molecule has 0 radical (unpaired) electrons. The van der Waals surface area contributed by atoms with Crippen molar-refractivity contribution in [2.24, 2.45) is 11.1 Å². The van der Waals surface area contributed by atoms with E-state index in [-0.39, 0.29) is 23.9 Å². The lowest BCUT2D eigenvalue weighted by Crippen LogP contribution is -2.26. The average Bonchev–Trinajstić information content (AvgIpc) is 2.15. The van der Waals surface area contributed by atoms with Crippen molar-refractivity contribution in [1.29, 1.82) is 0 Å². The van der Waals surface area contributed by atoms with Crippen molar-refractivity contribution in [2.45, 2.75) is 26.8 Å². The third kappa shape index (κ3) is 3.51. The van der Waals surface area contributed by atoms with Gasteiger partial charge in [0.25, 0.3) is 0 Å². The third-order valence-electron chi connectivity index (χ3n) is 2.45. The highest BCUT2D eigenvalue weighted by Crippen LogP contribution is 2.30. The first-order valence-electron chi connectivity index (χ1n) is 4.91.